The molecule has 2 N–H and O–H groups in total. The third-order valence-corrected chi connectivity index (χ3v) is 4.10. The minimum Gasteiger partial charge on any atom is -0.374 e. The summed E-state index contributed by atoms with van der Waals surface area (Å²) in [5, 5.41) is 5.30. The van der Waals surface area contributed by atoms with Gasteiger partial charge in [0.1, 0.15) is 6.04 Å². The van der Waals surface area contributed by atoms with E-state index in [-0.39, 0.29) is 29.1 Å². The number of anilines is 1. The summed E-state index contributed by atoms with van der Waals surface area (Å²) in [7, 11) is 0. The lowest BCUT2D eigenvalue weighted by Gasteiger charge is -2.29. The molecule has 0 aliphatic carbocycles. The van der Waals surface area contributed by atoms with Crippen LogP contribution in [0.1, 0.15) is 26.2 Å². The quantitative estimate of drug-likeness (QED) is 0.864. The second-order valence-electron chi connectivity index (χ2n) is 5.63. The molecule has 1 fully saturated rings. The summed E-state index contributed by atoms with van der Waals surface area (Å²) in [4.78, 5) is 25.9. The summed E-state index contributed by atoms with van der Waals surface area (Å²) >= 11 is 5.68. The van der Waals surface area contributed by atoms with Gasteiger partial charge in [0.2, 0.25) is 11.8 Å². The minimum absolute atomic E-state index is 0.0101. The van der Waals surface area contributed by atoms with Gasteiger partial charge in [0, 0.05) is 13.1 Å². The van der Waals surface area contributed by atoms with Crippen molar-refractivity contribution in [2.75, 3.05) is 25.0 Å². The van der Waals surface area contributed by atoms with Crippen molar-refractivity contribution >= 4 is 29.1 Å². The average molecular weight is 342 g/mol. The molecule has 1 saturated heterocycles. The highest BCUT2D eigenvalue weighted by Crippen LogP contribution is 2.21. The van der Waals surface area contributed by atoms with Gasteiger partial charge in [-0.3, -0.25) is 9.59 Å². The summed E-state index contributed by atoms with van der Waals surface area (Å²) in [6.07, 6.45) is 3.14. The number of benzene rings is 1. The predicted octanol–water partition coefficient (Wildman–Crippen LogP) is 2.41. The third kappa shape index (κ3) is 4.82. The Labute approximate surface area is 140 Å². The molecule has 0 radical (unpaired) electrons. The number of amides is 2. The van der Waals surface area contributed by atoms with Crippen molar-refractivity contribution in [2.45, 2.75) is 32.2 Å². The SMILES string of the molecule is C[C@H](NC(=O)CNc1cccc(Cl)c1F)C(=O)N1CCCCC1. The molecule has 1 aromatic carbocycles. The smallest absolute Gasteiger partial charge is 0.244 e. The maximum atomic E-state index is 13.7. The van der Waals surface area contributed by atoms with Crippen molar-refractivity contribution in [1.82, 2.24) is 10.2 Å². The lowest BCUT2D eigenvalue weighted by Crippen LogP contribution is -2.49. The van der Waals surface area contributed by atoms with E-state index < -0.39 is 11.9 Å². The summed E-state index contributed by atoms with van der Waals surface area (Å²) in [5.74, 6) is -1.05. The van der Waals surface area contributed by atoms with Gasteiger partial charge >= 0.3 is 0 Å². The molecule has 0 unspecified atom stereocenters. The summed E-state index contributed by atoms with van der Waals surface area (Å²) in [5.41, 5.74) is 0.155. The maximum absolute atomic E-state index is 13.7. The molecule has 1 atom stereocenters. The first-order valence-corrected chi connectivity index (χ1v) is 8.13. The van der Waals surface area contributed by atoms with Crippen LogP contribution in [0.15, 0.2) is 18.2 Å². The number of hydrogen-bond donors (Lipinski definition) is 2. The monoisotopic (exact) mass is 341 g/mol. The normalized spacial score (nSPS) is 15.9. The second-order valence-corrected chi connectivity index (χ2v) is 6.04. The van der Waals surface area contributed by atoms with Crippen LogP contribution in [-0.2, 0) is 9.59 Å². The highest BCUT2D eigenvalue weighted by molar-refractivity contribution is 6.31. The van der Waals surface area contributed by atoms with Gasteiger partial charge in [0.15, 0.2) is 5.82 Å². The summed E-state index contributed by atoms with van der Waals surface area (Å²) < 4.78 is 13.7. The van der Waals surface area contributed by atoms with Crippen LogP contribution < -0.4 is 10.6 Å². The molecular formula is C16H21ClFN3O2. The zero-order chi connectivity index (χ0) is 16.8. The van der Waals surface area contributed by atoms with E-state index in [9.17, 15) is 14.0 Å². The van der Waals surface area contributed by atoms with Gasteiger partial charge in [-0.05, 0) is 38.3 Å². The zero-order valence-electron chi connectivity index (χ0n) is 13.1. The number of rotatable bonds is 5. The molecule has 0 spiro atoms. The standard InChI is InChI=1S/C16H21ClFN3O2/c1-11(16(23)21-8-3-2-4-9-21)20-14(22)10-19-13-7-5-6-12(17)15(13)18/h5-7,11,19H,2-4,8-10H2,1H3,(H,20,22)/t11-/m0/s1. The van der Waals surface area contributed by atoms with Gasteiger partial charge in [-0.25, -0.2) is 4.39 Å². The number of nitrogens with one attached hydrogen (secondary N) is 2. The molecule has 1 aliphatic rings. The van der Waals surface area contributed by atoms with Crippen LogP contribution in [0.4, 0.5) is 10.1 Å². The van der Waals surface area contributed by atoms with Crippen LogP contribution >= 0.6 is 11.6 Å². The lowest BCUT2D eigenvalue weighted by molar-refractivity contribution is -0.136. The van der Waals surface area contributed by atoms with Crippen molar-refractivity contribution in [2.24, 2.45) is 0 Å². The Morgan fingerprint density at radius 2 is 2.00 bits per heavy atom. The highest BCUT2D eigenvalue weighted by atomic mass is 35.5. The highest BCUT2D eigenvalue weighted by Gasteiger charge is 2.23. The number of piperidine rings is 1. The lowest BCUT2D eigenvalue weighted by atomic mass is 10.1. The van der Waals surface area contributed by atoms with Crippen LogP contribution in [0.25, 0.3) is 0 Å². The Kier molecular flexibility index (Phi) is 6.21. The van der Waals surface area contributed by atoms with Gasteiger partial charge in [-0.15, -0.1) is 0 Å². The number of nitrogens with zero attached hydrogens (tertiary/aromatic N) is 1. The first-order chi connectivity index (χ1) is 11.0. The molecule has 0 bridgehead atoms. The van der Waals surface area contributed by atoms with Crippen molar-refractivity contribution in [1.29, 1.82) is 0 Å². The predicted molar refractivity (Wildman–Crippen MR) is 87.9 cm³/mol. The van der Waals surface area contributed by atoms with E-state index in [2.05, 4.69) is 10.6 Å². The van der Waals surface area contributed by atoms with Crippen LogP contribution in [0, 0.1) is 5.82 Å². The first kappa shape index (κ1) is 17.5. The molecule has 2 amide bonds. The number of carbonyl (C=O) groups is 2. The molecule has 1 heterocycles. The molecule has 0 aromatic heterocycles. The number of hydrogen-bond acceptors (Lipinski definition) is 3. The number of likely N-dealkylation sites (tertiary alicyclic amines) is 1. The Morgan fingerprint density at radius 3 is 2.70 bits per heavy atom. The van der Waals surface area contributed by atoms with E-state index in [1.807, 2.05) is 0 Å². The molecule has 1 aromatic rings. The Balaban J connectivity index is 1.81. The van der Waals surface area contributed by atoms with E-state index in [0.29, 0.717) is 0 Å². The minimum atomic E-state index is -0.598. The Morgan fingerprint density at radius 1 is 1.30 bits per heavy atom. The molecule has 1 aliphatic heterocycles. The molecule has 5 nitrogen and oxygen atoms in total. The fraction of sp³-hybridized carbons (Fsp3) is 0.500. The molecule has 2 rings (SSSR count). The number of carbonyl (C=O) groups excluding carboxylic acids is 2. The van der Waals surface area contributed by atoms with E-state index in [0.717, 1.165) is 32.4 Å². The zero-order valence-corrected chi connectivity index (χ0v) is 13.8. The summed E-state index contributed by atoms with van der Waals surface area (Å²) in [6.45, 7) is 3.01. The van der Waals surface area contributed by atoms with E-state index in [1.54, 1.807) is 17.9 Å². The Hall–Kier alpha value is -1.82. The van der Waals surface area contributed by atoms with Gasteiger partial charge < -0.3 is 15.5 Å². The van der Waals surface area contributed by atoms with Gasteiger partial charge in [-0.2, -0.15) is 0 Å². The van der Waals surface area contributed by atoms with Crippen molar-refractivity contribution in [3.8, 4) is 0 Å². The third-order valence-electron chi connectivity index (χ3n) is 3.81. The fourth-order valence-electron chi connectivity index (χ4n) is 2.56. The van der Waals surface area contributed by atoms with Gasteiger partial charge in [0.25, 0.3) is 0 Å². The largest absolute Gasteiger partial charge is 0.374 e. The van der Waals surface area contributed by atoms with Gasteiger partial charge in [-0.1, -0.05) is 17.7 Å². The average Bonchev–Trinajstić information content (AvgIpc) is 2.56. The maximum Gasteiger partial charge on any atom is 0.244 e. The summed E-state index contributed by atoms with van der Waals surface area (Å²) in [6, 6.07) is 3.93. The van der Waals surface area contributed by atoms with E-state index in [1.165, 1.54) is 12.1 Å². The van der Waals surface area contributed by atoms with Crippen molar-refractivity contribution < 1.29 is 14.0 Å². The van der Waals surface area contributed by atoms with Crippen LogP contribution in [0.3, 0.4) is 0 Å². The Bertz CT molecular complexity index is 576. The van der Waals surface area contributed by atoms with E-state index >= 15 is 0 Å². The molecule has 126 valence electrons. The second kappa shape index (κ2) is 8.15. The molecular weight excluding hydrogens is 321 g/mol. The fourth-order valence-corrected chi connectivity index (χ4v) is 2.73. The van der Waals surface area contributed by atoms with Crippen LogP contribution in [-0.4, -0.2) is 42.4 Å². The number of halogens is 2. The van der Waals surface area contributed by atoms with Crippen LogP contribution in [0.5, 0.6) is 0 Å². The molecule has 23 heavy (non-hydrogen) atoms. The molecule has 7 heteroatoms. The first-order valence-electron chi connectivity index (χ1n) is 7.75. The molecule has 0 saturated carbocycles. The van der Waals surface area contributed by atoms with Crippen molar-refractivity contribution in [3.63, 3.8) is 0 Å². The van der Waals surface area contributed by atoms with Crippen LogP contribution in [0.2, 0.25) is 5.02 Å². The van der Waals surface area contributed by atoms with Crippen molar-refractivity contribution in [3.05, 3.63) is 29.0 Å². The topological polar surface area (TPSA) is 61.4 Å². The van der Waals surface area contributed by atoms with E-state index in [4.69, 9.17) is 11.6 Å². The van der Waals surface area contributed by atoms with Gasteiger partial charge in [0.05, 0.1) is 17.3 Å².